The van der Waals surface area contributed by atoms with Crippen LogP contribution in [-0.2, 0) is 6.54 Å². The predicted octanol–water partition coefficient (Wildman–Crippen LogP) is 2.02. The van der Waals surface area contributed by atoms with Crippen LogP contribution in [0.5, 0.6) is 0 Å². The van der Waals surface area contributed by atoms with E-state index in [1.54, 1.807) is 11.8 Å². The van der Waals surface area contributed by atoms with Crippen molar-refractivity contribution < 1.29 is 0 Å². The molecule has 1 rings (SSSR count). The zero-order valence-electron chi connectivity index (χ0n) is 9.08. The Labute approximate surface area is 90.7 Å². The van der Waals surface area contributed by atoms with Gasteiger partial charge in [-0.15, -0.1) is 11.8 Å². The maximum Gasteiger partial charge on any atom is 0.0478 e. The van der Waals surface area contributed by atoms with Crippen molar-refractivity contribution in [2.45, 2.75) is 11.4 Å². The molecule has 0 aliphatic rings. The van der Waals surface area contributed by atoms with Crippen molar-refractivity contribution in [3.05, 3.63) is 29.8 Å². The van der Waals surface area contributed by atoms with E-state index in [9.17, 15) is 0 Å². The first-order chi connectivity index (χ1) is 6.76. The molecule has 0 aliphatic heterocycles. The van der Waals surface area contributed by atoms with Crippen molar-refractivity contribution in [1.82, 2.24) is 10.2 Å². The molecule has 0 spiro atoms. The molecule has 0 saturated heterocycles. The van der Waals surface area contributed by atoms with Crippen LogP contribution >= 0.6 is 11.8 Å². The van der Waals surface area contributed by atoms with Crippen molar-refractivity contribution in [2.24, 2.45) is 0 Å². The Bertz CT molecular complexity index is 258. The third-order valence-electron chi connectivity index (χ3n) is 2.04. The molecule has 0 atom stereocenters. The summed E-state index contributed by atoms with van der Waals surface area (Å²) < 4.78 is 0. The van der Waals surface area contributed by atoms with Crippen LogP contribution in [0.1, 0.15) is 5.56 Å². The lowest BCUT2D eigenvalue weighted by Crippen LogP contribution is -2.27. The molecular weight excluding hydrogens is 192 g/mol. The van der Waals surface area contributed by atoms with E-state index in [0.29, 0.717) is 0 Å². The van der Waals surface area contributed by atoms with E-state index in [2.05, 4.69) is 47.8 Å². The Morgan fingerprint density at radius 3 is 2.43 bits per heavy atom. The number of rotatable bonds is 5. The number of hydrogen-bond acceptors (Lipinski definition) is 3. The lowest BCUT2D eigenvalue weighted by atomic mass is 10.2. The van der Waals surface area contributed by atoms with Gasteiger partial charge in [0, 0.05) is 18.1 Å². The van der Waals surface area contributed by atoms with Gasteiger partial charge in [0.25, 0.3) is 0 Å². The van der Waals surface area contributed by atoms with Gasteiger partial charge in [0.05, 0.1) is 0 Å². The first-order valence-electron chi connectivity index (χ1n) is 4.72. The SMILES string of the molecule is CNCN(C)Cc1ccc(SC)cc1. The van der Waals surface area contributed by atoms with Crippen molar-refractivity contribution in [1.29, 1.82) is 0 Å². The maximum atomic E-state index is 3.13. The highest BCUT2D eigenvalue weighted by atomic mass is 32.2. The van der Waals surface area contributed by atoms with E-state index in [1.807, 2.05) is 7.05 Å². The van der Waals surface area contributed by atoms with Crippen LogP contribution in [0.2, 0.25) is 0 Å². The van der Waals surface area contributed by atoms with Crippen LogP contribution in [0.25, 0.3) is 0 Å². The molecule has 0 radical (unpaired) electrons. The van der Waals surface area contributed by atoms with Gasteiger partial charge in [0.1, 0.15) is 0 Å². The quantitative estimate of drug-likeness (QED) is 0.591. The topological polar surface area (TPSA) is 15.3 Å². The predicted molar refractivity (Wildman–Crippen MR) is 63.6 cm³/mol. The summed E-state index contributed by atoms with van der Waals surface area (Å²) in [6.07, 6.45) is 2.10. The van der Waals surface area contributed by atoms with E-state index >= 15 is 0 Å². The van der Waals surface area contributed by atoms with Crippen LogP contribution in [0, 0.1) is 0 Å². The highest BCUT2D eigenvalue weighted by Gasteiger charge is 1.98. The van der Waals surface area contributed by atoms with Gasteiger partial charge < -0.3 is 5.32 Å². The Morgan fingerprint density at radius 1 is 1.29 bits per heavy atom. The molecule has 3 heteroatoms. The summed E-state index contributed by atoms with van der Waals surface area (Å²) in [7, 11) is 4.08. The Hall–Kier alpha value is -0.510. The molecule has 1 N–H and O–H groups in total. The third-order valence-corrected chi connectivity index (χ3v) is 2.78. The number of thioether (sulfide) groups is 1. The summed E-state index contributed by atoms with van der Waals surface area (Å²) in [6.45, 7) is 1.92. The van der Waals surface area contributed by atoms with E-state index in [0.717, 1.165) is 13.2 Å². The second-order valence-corrected chi connectivity index (χ2v) is 4.25. The first-order valence-corrected chi connectivity index (χ1v) is 5.95. The molecular formula is C11H18N2S. The largest absolute Gasteiger partial charge is 0.307 e. The average molecular weight is 210 g/mol. The second-order valence-electron chi connectivity index (χ2n) is 3.37. The lowest BCUT2D eigenvalue weighted by Gasteiger charge is -2.15. The fourth-order valence-corrected chi connectivity index (χ4v) is 1.78. The normalized spacial score (nSPS) is 10.9. The van der Waals surface area contributed by atoms with Crippen molar-refractivity contribution >= 4 is 11.8 Å². The average Bonchev–Trinajstić information content (AvgIpc) is 2.19. The van der Waals surface area contributed by atoms with Crippen LogP contribution in [0.3, 0.4) is 0 Å². The number of benzene rings is 1. The standard InChI is InChI=1S/C11H18N2S/c1-12-9-13(2)8-10-4-6-11(14-3)7-5-10/h4-7,12H,8-9H2,1-3H3. The van der Waals surface area contributed by atoms with Gasteiger partial charge in [0.2, 0.25) is 0 Å². The molecule has 0 amide bonds. The molecule has 78 valence electrons. The third kappa shape index (κ3) is 3.70. The second kappa shape index (κ2) is 6.06. The van der Waals surface area contributed by atoms with Crippen molar-refractivity contribution in [3.63, 3.8) is 0 Å². The number of nitrogens with zero attached hydrogens (tertiary/aromatic N) is 1. The molecule has 0 aromatic heterocycles. The Balaban J connectivity index is 2.50. The van der Waals surface area contributed by atoms with Crippen LogP contribution in [0.4, 0.5) is 0 Å². The molecule has 0 saturated carbocycles. The Morgan fingerprint density at radius 2 is 1.93 bits per heavy atom. The highest BCUT2D eigenvalue weighted by Crippen LogP contribution is 2.15. The van der Waals surface area contributed by atoms with Gasteiger partial charge in [-0.25, -0.2) is 0 Å². The lowest BCUT2D eigenvalue weighted by molar-refractivity contribution is 0.310. The van der Waals surface area contributed by atoms with E-state index in [1.165, 1.54) is 10.5 Å². The molecule has 0 bridgehead atoms. The van der Waals surface area contributed by atoms with E-state index in [4.69, 9.17) is 0 Å². The molecule has 0 fully saturated rings. The summed E-state index contributed by atoms with van der Waals surface area (Å²) in [5.74, 6) is 0. The van der Waals surface area contributed by atoms with Crippen LogP contribution < -0.4 is 5.32 Å². The number of hydrogen-bond donors (Lipinski definition) is 1. The van der Waals surface area contributed by atoms with Gasteiger partial charge in [-0.2, -0.15) is 0 Å². The van der Waals surface area contributed by atoms with Gasteiger partial charge in [0.15, 0.2) is 0 Å². The molecule has 14 heavy (non-hydrogen) atoms. The van der Waals surface area contributed by atoms with Crippen LogP contribution in [-0.4, -0.2) is 31.9 Å². The van der Waals surface area contributed by atoms with Gasteiger partial charge in [-0.3, -0.25) is 4.90 Å². The summed E-state index contributed by atoms with van der Waals surface area (Å²) in [5.41, 5.74) is 1.36. The fraction of sp³-hybridized carbons (Fsp3) is 0.455. The minimum absolute atomic E-state index is 0.921. The Kier molecular flexibility index (Phi) is 5.01. The smallest absolute Gasteiger partial charge is 0.0478 e. The first kappa shape index (κ1) is 11.6. The summed E-state index contributed by atoms with van der Waals surface area (Å²) in [6, 6.07) is 8.73. The maximum absolute atomic E-state index is 3.13. The van der Waals surface area contributed by atoms with E-state index < -0.39 is 0 Å². The zero-order chi connectivity index (χ0) is 10.4. The molecule has 1 aromatic carbocycles. The van der Waals surface area contributed by atoms with Gasteiger partial charge in [-0.1, -0.05) is 12.1 Å². The van der Waals surface area contributed by atoms with Crippen LogP contribution in [0.15, 0.2) is 29.2 Å². The molecule has 0 unspecified atom stereocenters. The summed E-state index contributed by atoms with van der Waals surface area (Å²) >= 11 is 1.78. The molecule has 0 aliphatic carbocycles. The van der Waals surface area contributed by atoms with Gasteiger partial charge >= 0.3 is 0 Å². The van der Waals surface area contributed by atoms with Gasteiger partial charge in [-0.05, 0) is 38.0 Å². The van der Waals surface area contributed by atoms with Crippen molar-refractivity contribution in [2.75, 3.05) is 27.0 Å². The minimum Gasteiger partial charge on any atom is -0.307 e. The van der Waals surface area contributed by atoms with Crippen molar-refractivity contribution in [3.8, 4) is 0 Å². The number of nitrogens with one attached hydrogen (secondary N) is 1. The molecule has 1 aromatic rings. The minimum atomic E-state index is 0.921. The zero-order valence-corrected chi connectivity index (χ0v) is 9.90. The fourth-order valence-electron chi connectivity index (χ4n) is 1.37. The summed E-state index contributed by atoms with van der Waals surface area (Å²) in [4.78, 5) is 3.57. The molecule has 0 heterocycles. The summed E-state index contributed by atoms with van der Waals surface area (Å²) in [5, 5.41) is 3.13. The van der Waals surface area contributed by atoms with E-state index in [-0.39, 0.29) is 0 Å². The molecule has 2 nitrogen and oxygen atoms in total. The monoisotopic (exact) mass is 210 g/mol. The highest BCUT2D eigenvalue weighted by molar-refractivity contribution is 7.98.